The van der Waals surface area contributed by atoms with E-state index in [0.717, 1.165) is 51.1 Å². The average Bonchev–Trinajstić information content (AvgIpc) is 2.93. The molecule has 0 saturated carbocycles. The number of aryl methyl sites for hydroxylation is 1. The third-order valence-corrected chi connectivity index (χ3v) is 6.31. The molecule has 1 aliphatic heterocycles. The van der Waals surface area contributed by atoms with Crippen molar-refractivity contribution < 1.29 is 14.6 Å². The number of fused-ring (bicyclic) bond motifs is 1. The quantitative estimate of drug-likeness (QED) is 0.678. The van der Waals surface area contributed by atoms with Gasteiger partial charge < -0.3 is 15.1 Å². The van der Waals surface area contributed by atoms with Gasteiger partial charge in [0.25, 0.3) is 5.91 Å². The molecule has 1 aliphatic carbocycles. The van der Waals surface area contributed by atoms with E-state index in [4.69, 9.17) is 0 Å². The number of hydrogen-bond donors (Lipinski definition) is 3. The Kier molecular flexibility index (Phi) is 5.31. The highest BCUT2D eigenvalue weighted by Crippen LogP contribution is 2.37. The fourth-order valence-electron chi connectivity index (χ4n) is 3.68. The molecule has 23 heavy (non-hydrogen) atoms. The molecule has 0 spiro atoms. The fourth-order valence-corrected chi connectivity index (χ4v) is 4.82. The zero-order valence-electron chi connectivity index (χ0n) is 13.8. The molecular formula is C17H26N4OS+2. The number of piperazine rings is 1. The van der Waals surface area contributed by atoms with Gasteiger partial charge in [0.15, 0.2) is 6.54 Å². The molecule has 1 fully saturated rings. The Bertz CT molecular complexity index is 611. The maximum atomic E-state index is 12.4. The number of likely N-dealkylation sites (N-methyl/N-ethyl adjacent to an activating group) is 1. The SMILES string of the molecule is CC[NH+]1CC[NH+](CC(=O)Nc2c(C#N)sc3c2CCCC3)CC1. The maximum Gasteiger partial charge on any atom is 0.279 e. The van der Waals surface area contributed by atoms with Crippen molar-refractivity contribution in [2.45, 2.75) is 32.6 Å². The number of nitrogens with one attached hydrogen (secondary N) is 3. The maximum absolute atomic E-state index is 12.4. The van der Waals surface area contributed by atoms with Gasteiger partial charge in [-0.15, -0.1) is 11.3 Å². The third kappa shape index (κ3) is 3.74. The second kappa shape index (κ2) is 7.43. The lowest BCUT2D eigenvalue weighted by atomic mass is 9.97. The molecule has 0 aromatic carbocycles. The molecule has 1 aromatic heterocycles. The van der Waals surface area contributed by atoms with Crippen LogP contribution < -0.4 is 15.1 Å². The Morgan fingerprint density at radius 3 is 2.61 bits per heavy atom. The summed E-state index contributed by atoms with van der Waals surface area (Å²) in [4.78, 5) is 17.4. The van der Waals surface area contributed by atoms with Gasteiger partial charge in [-0.2, -0.15) is 5.26 Å². The second-order valence-corrected chi connectivity index (χ2v) is 7.71. The van der Waals surface area contributed by atoms with Crippen LogP contribution in [0.3, 0.4) is 0 Å². The van der Waals surface area contributed by atoms with E-state index in [-0.39, 0.29) is 5.91 Å². The number of anilines is 1. The van der Waals surface area contributed by atoms with Gasteiger partial charge in [-0.25, -0.2) is 0 Å². The lowest BCUT2D eigenvalue weighted by Crippen LogP contribution is -3.28. The van der Waals surface area contributed by atoms with E-state index < -0.39 is 0 Å². The van der Waals surface area contributed by atoms with E-state index in [1.54, 1.807) is 16.2 Å². The van der Waals surface area contributed by atoms with Crippen LogP contribution in [0.2, 0.25) is 0 Å². The Labute approximate surface area is 141 Å². The van der Waals surface area contributed by atoms with E-state index in [2.05, 4.69) is 18.3 Å². The number of rotatable bonds is 4. The van der Waals surface area contributed by atoms with E-state index in [0.29, 0.717) is 11.4 Å². The van der Waals surface area contributed by atoms with Gasteiger partial charge in [-0.05, 0) is 38.2 Å². The molecule has 5 nitrogen and oxygen atoms in total. The monoisotopic (exact) mass is 334 g/mol. The Hall–Kier alpha value is -1.42. The summed E-state index contributed by atoms with van der Waals surface area (Å²) in [7, 11) is 0. The molecule has 1 aromatic rings. The zero-order valence-corrected chi connectivity index (χ0v) is 14.7. The minimum atomic E-state index is 0.0580. The molecule has 1 saturated heterocycles. The summed E-state index contributed by atoms with van der Waals surface area (Å²) in [6.07, 6.45) is 4.40. The predicted molar refractivity (Wildman–Crippen MR) is 91.1 cm³/mol. The topological polar surface area (TPSA) is 61.8 Å². The Morgan fingerprint density at radius 2 is 1.91 bits per heavy atom. The summed E-state index contributed by atoms with van der Waals surface area (Å²) in [6.45, 7) is 8.33. The predicted octanol–water partition coefficient (Wildman–Crippen LogP) is -0.760. The van der Waals surface area contributed by atoms with Gasteiger partial charge >= 0.3 is 0 Å². The summed E-state index contributed by atoms with van der Waals surface area (Å²) in [5, 5.41) is 12.4. The summed E-state index contributed by atoms with van der Waals surface area (Å²) in [5.74, 6) is 0.0580. The van der Waals surface area contributed by atoms with Crippen molar-refractivity contribution in [3.8, 4) is 6.07 Å². The molecule has 3 N–H and O–H groups in total. The highest BCUT2D eigenvalue weighted by molar-refractivity contribution is 7.13. The molecule has 1 amide bonds. The van der Waals surface area contributed by atoms with Crippen LogP contribution in [0.4, 0.5) is 5.69 Å². The normalized spacial score (nSPS) is 23.8. The van der Waals surface area contributed by atoms with Crippen molar-refractivity contribution in [3.63, 3.8) is 0 Å². The van der Waals surface area contributed by atoms with E-state index >= 15 is 0 Å². The molecule has 0 unspecified atom stereocenters. The number of amides is 1. The van der Waals surface area contributed by atoms with Crippen molar-refractivity contribution in [3.05, 3.63) is 15.3 Å². The molecule has 2 aliphatic rings. The Balaban J connectivity index is 1.62. The van der Waals surface area contributed by atoms with Crippen LogP contribution in [0.25, 0.3) is 0 Å². The van der Waals surface area contributed by atoms with Gasteiger partial charge in [-0.3, -0.25) is 4.79 Å². The minimum absolute atomic E-state index is 0.0580. The minimum Gasteiger partial charge on any atom is -0.326 e. The van der Waals surface area contributed by atoms with E-state index in [1.165, 1.54) is 28.3 Å². The second-order valence-electron chi connectivity index (χ2n) is 6.61. The molecular weight excluding hydrogens is 308 g/mol. The van der Waals surface area contributed by atoms with Crippen molar-refractivity contribution in [2.24, 2.45) is 0 Å². The van der Waals surface area contributed by atoms with Crippen LogP contribution in [0.1, 0.15) is 35.1 Å². The van der Waals surface area contributed by atoms with Crippen LogP contribution in [0.15, 0.2) is 0 Å². The first kappa shape index (κ1) is 16.4. The van der Waals surface area contributed by atoms with Gasteiger partial charge in [0.05, 0.1) is 12.2 Å². The first-order valence-corrected chi connectivity index (χ1v) is 9.54. The number of carbonyl (C=O) groups is 1. The fraction of sp³-hybridized carbons (Fsp3) is 0.647. The first-order chi connectivity index (χ1) is 11.2. The van der Waals surface area contributed by atoms with Crippen molar-refractivity contribution >= 4 is 22.9 Å². The van der Waals surface area contributed by atoms with E-state index in [1.807, 2.05) is 0 Å². The van der Waals surface area contributed by atoms with Crippen LogP contribution in [-0.2, 0) is 17.6 Å². The van der Waals surface area contributed by atoms with Crippen molar-refractivity contribution in [1.82, 2.24) is 0 Å². The summed E-state index contributed by atoms with van der Waals surface area (Å²) in [6, 6.07) is 2.27. The van der Waals surface area contributed by atoms with Gasteiger partial charge in [-0.1, -0.05) is 0 Å². The van der Waals surface area contributed by atoms with Crippen molar-refractivity contribution in [2.75, 3.05) is 44.6 Å². The zero-order chi connectivity index (χ0) is 16.2. The molecule has 3 rings (SSSR count). The largest absolute Gasteiger partial charge is 0.326 e. The van der Waals surface area contributed by atoms with Crippen LogP contribution in [0.5, 0.6) is 0 Å². The first-order valence-electron chi connectivity index (χ1n) is 8.73. The van der Waals surface area contributed by atoms with Crippen molar-refractivity contribution in [1.29, 1.82) is 5.26 Å². The number of thiophene rings is 1. The average molecular weight is 334 g/mol. The Morgan fingerprint density at radius 1 is 1.22 bits per heavy atom. The van der Waals surface area contributed by atoms with Gasteiger partial charge in [0, 0.05) is 4.88 Å². The summed E-state index contributed by atoms with van der Waals surface area (Å²) in [5.41, 5.74) is 2.04. The van der Waals surface area contributed by atoms with Crippen LogP contribution in [-0.4, -0.2) is 45.2 Å². The summed E-state index contributed by atoms with van der Waals surface area (Å²) < 4.78 is 0. The van der Waals surface area contributed by atoms with Gasteiger partial charge in [0.2, 0.25) is 0 Å². The van der Waals surface area contributed by atoms with Crippen LogP contribution in [0, 0.1) is 11.3 Å². The molecule has 0 bridgehead atoms. The molecule has 2 heterocycles. The molecule has 0 radical (unpaired) electrons. The molecule has 0 atom stereocenters. The van der Waals surface area contributed by atoms with E-state index in [9.17, 15) is 10.1 Å². The molecule has 6 heteroatoms. The number of nitriles is 1. The third-order valence-electron chi connectivity index (χ3n) is 5.11. The highest BCUT2D eigenvalue weighted by atomic mass is 32.1. The summed E-state index contributed by atoms with van der Waals surface area (Å²) >= 11 is 1.57. The lowest BCUT2D eigenvalue weighted by Gasteiger charge is -2.28. The highest BCUT2D eigenvalue weighted by Gasteiger charge is 2.26. The lowest BCUT2D eigenvalue weighted by molar-refractivity contribution is -1.01. The number of quaternary nitrogens is 2. The number of carbonyl (C=O) groups excluding carboxylic acids is 1. The van der Waals surface area contributed by atoms with Crippen LogP contribution >= 0.6 is 11.3 Å². The smallest absolute Gasteiger partial charge is 0.279 e. The number of nitrogens with zero attached hydrogens (tertiary/aromatic N) is 1. The number of hydrogen-bond acceptors (Lipinski definition) is 3. The standard InChI is InChI=1S/C17H24N4OS/c1-2-20-7-9-21(10-8-20)12-16(22)19-17-13-5-3-4-6-14(13)23-15(17)11-18/h2-10,12H2,1H3,(H,19,22)/p+2. The van der Waals surface area contributed by atoms with Gasteiger partial charge in [0.1, 0.15) is 37.1 Å². The molecule has 124 valence electrons.